The van der Waals surface area contributed by atoms with E-state index in [2.05, 4.69) is 26.4 Å². The van der Waals surface area contributed by atoms with Crippen LogP contribution >= 0.6 is 0 Å². The zero-order valence-corrected chi connectivity index (χ0v) is 20.3. The molecule has 0 atom stereocenters. The van der Waals surface area contributed by atoms with Gasteiger partial charge in [-0.25, -0.2) is 22.5 Å². The van der Waals surface area contributed by atoms with Gasteiger partial charge in [-0.1, -0.05) is 30.3 Å². The molecule has 0 bridgehead atoms. The molecule has 0 aliphatic rings. The monoisotopic (exact) mass is 510 g/mol. The van der Waals surface area contributed by atoms with Crippen molar-refractivity contribution < 1.29 is 17.6 Å². The van der Waals surface area contributed by atoms with Crippen molar-refractivity contribution in [3.05, 3.63) is 83.2 Å². The van der Waals surface area contributed by atoms with Crippen molar-refractivity contribution in [1.82, 2.24) is 15.0 Å². The molecular formula is C25H27FN6O3S. The summed E-state index contributed by atoms with van der Waals surface area (Å²) in [5, 5.41) is 15.3. The van der Waals surface area contributed by atoms with E-state index in [-0.39, 0.29) is 42.6 Å². The third-order valence-electron chi connectivity index (χ3n) is 5.18. The summed E-state index contributed by atoms with van der Waals surface area (Å²) < 4.78 is 39.3. The molecule has 0 spiro atoms. The van der Waals surface area contributed by atoms with Gasteiger partial charge in [0.1, 0.15) is 11.6 Å². The van der Waals surface area contributed by atoms with Crippen LogP contribution in [0.4, 0.5) is 10.2 Å². The maximum Gasteiger partial charge on any atom is 0.255 e. The number of nitrogens with two attached hydrogens (primary N) is 1. The van der Waals surface area contributed by atoms with Gasteiger partial charge in [-0.2, -0.15) is 5.26 Å². The van der Waals surface area contributed by atoms with Crippen LogP contribution in [0.25, 0.3) is 11.3 Å². The highest BCUT2D eigenvalue weighted by atomic mass is 32.2. The molecule has 0 saturated carbocycles. The van der Waals surface area contributed by atoms with Gasteiger partial charge in [-0.15, -0.1) is 0 Å². The molecule has 0 fully saturated rings. The maximum atomic E-state index is 13.5. The lowest BCUT2D eigenvalue weighted by Crippen LogP contribution is -2.37. The summed E-state index contributed by atoms with van der Waals surface area (Å²) in [5.41, 5.74) is 7.87. The molecular weight excluding hydrogens is 483 g/mol. The minimum atomic E-state index is -3.49. The molecule has 3 rings (SSSR count). The maximum absolute atomic E-state index is 13.5. The summed E-state index contributed by atoms with van der Waals surface area (Å²) >= 11 is 0. The number of halogens is 1. The van der Waals surface area contributed by atoms with Gasteiger partial charge in [0.15, 0.2) is 0 Å². The van der Waals surface area contributed by atoms with Gasteiger partial charge in [-0.05, 0) is 42.3 Å². The van der Waals surface area contributed by atoms with E-state index < -0.39 is 15.9 Å². The van der Waals surface area contributed by atoms with E-state index in [1.807, 2.05) is 0 Å². The quantitative estimate of drug-likeness (QED) is 0.272. The van der Waals surface area contributed by atoms with Crippen LogP contribution in [0.3, 0.4) is 0 Å². The van der Waals surface area contributed by atoms with Crippen molar-refractivity contribution in [2.24, 2.45) is 5.73 Å². The van der Waals surface area contributed by atoms with E-state index in [1.54, 1.807) is 48.5 Å². The van der Waals surface area contributed by atoms with E-state index in [1.165, 1.54) is 12.1 Å². The van der Waals surface area contributed by atoms with Crippen molar-refractivity contribution in [3.63, 3.8) is 0 Å². The molecule has 9 nitrogen and oxygen atoms in total. The molecule has 1 heterocycles. The second kappa shape index (κ2) is 12.7. The Morgan fingerprint density at radius 1 is 1.06 bits per heavy atom. The van der Waals surface area contributed by atoms with Gasteiger partial charge in [0.2, 0.25) is 10.0 Å². The van der Waals surface area contributed by atoms with Crippen LogP contribution in [0.2, 0.25) is 0 Å². The van der Waals surface area contributed by atoms with Crippen LogP contribution in [0.15, 0.2) is 60.7 Å². The van der Waals surface area contributed by atoms with Crippen molar-refractivity contribution in [1.29, 1.82) is 5.26 Å². The minimum absolute atomic E-state index is 0.000702. The Bertz CT molecular complexity index is 1360. The third-order valence-corrected chi connectivity index (χ3v) is 6.59. The van der Waals surface area contributed by atoms with Gasteiger partial charge in [0, 0.05) is 31.7 Å². The van der Waals surface area contributed by atoms with Crippen LogP contribution < -0.4 is 21.1 Å². The normalized spacial score (nSPS) is 11.0. The SMILES string of the molecule is N#Cc1ccccc1-c1ccc(C(=O)NCCNS(=O)(=O)CCN)c(NCCc2cccc(F)c2)n1. The van der Waals surface area contributed by atoms with Crippen LogP contribution in [0.1, 0.15) is 21.5 Å². The van der Waals surface area contributed by atoms with Crippen LogP contribution in [0.5, 0.6) is 0 Å². The van der Waals surface area contributed by atoms with Gasteiger partial charge in [0.25, 0.3) is 5.91 Å². The highest BCUT2D eigenvalue weighted by Crippen LogP contribution is 2.25. The lowest BCUT2D eigenvalue weighted by Gasteiger charge is -2.14. The Labute approximate surface area is 209 Å². The fourth-order valence-corrected chi connectivity index (χ4v) is 4.32. The second-order valence-corrected chi connectivity index (χ2v) is 9.74. The lowest BCUT2D eigenvalue weighted by molar-refractivity contribution is 0.0955. The van der Waals surface area contributed by atoms with Crippen LogP contribution in [-0.4, -0.2) is 51.2 Å². The van der Waals surface area contributed by atoms with Crippen molar-refractivity contribution in [2.45, 2.75) is 6.42 Å². The van der Waals surface area contributed by atoms with E-state index in [0.717, 1.165) is 5.56 Å². The number of nitriles is 1. The predicted octanol–water partition coefficient (Wildman–Crippen LogP) is 2.02. The molecule has 0 saturated heterocycles. The number of aromatic nitrogens is 1. The predicted molar refractivity (Wildman–Crippen MR) is 136 cm³/mol. The molecule has 2 aromatic carbocycles. The lowest BCUT2D eigenvalue weighted by atomic mass is 10.0. The first-order valence-corrected chi connectivity index (χ1v) is 12.9. The second-order valence-electron chi connectivity index (χ2n) is 7.81. The summed E-state index contributed by atoms with van der Waals surface area (Å²) in [6.45, 7) is 0.445. The molecule has 3 aromatic rings. The fraction of sp³-hybridized carbons (Fsp3) is 0.240. The van der Waals surface area contributed by atoms with Crippen LogP contribution in [0, 0.1) is 17.1 Å². The van der Waals surface area contributed by atoms with Gasteiger partial charge >= 0.3 is 0 Å². The Hall–Kier alpha value is -3.85. The third kappa shape index (κ3) is 7.58. The summed E-state index contributed by atoms with van der Waals surface area (Å²) in [4.78, 5) is 17.5. The number of benzene rings is 2. The average Bonchev–Trinajstić information content (AvgIpc) is 2.86. The van der Waals surface area contributed by atoms with Crippen molar-refractivity contribution >= 4 is 21.7 Å². The van der Waals surface area contributed by atoms with E-state index in [0.29, 0.717) is 29.8 Å². The first kappa shape index (κ1) is 26.7. The number of carbonyl (C=O) groups is 1. The first-order chi connectivity index (χ1) is 17.3. The molecule has 0 radical (unpaired) electrons. The summed E-state index contributed by atoms with van der Waals surface area (Å²) in [6, 6.07) is 18.6. The molecule has 1 amide bonds. The van der Waals surface area contributed by atoms with Gasteiger partial charge in [-0.3, -0.25) is 4.79 Å². The Balaban J connectivity index is 1.77. The number of nitrogens with one attached hydrogen (secondary N) is 3. The van der Waals surface area contributed by atoms with Crippen LogP contribution in [-0.2, 0) is 16.4 Å². The topological polar surface area (TPSA) is 150 Å². The number of pyridine rings is 1. The van der Waals surface area contributed by atoms with Gasteiger partial charge in [0.05, 0.1) is 28.6 Å². The molecule has 0 unspecified atom stereocenters. The number of hydrogen-bond donors (Lipinski definition) is 4. The van der Waals surface area contributed by atoms with E-state index >= 15 is 0 Å². The molecule has 11 heteroatoms. The number of anilines is 1. The van der Waals surface area contributed by atoms with Crippen molar-refractivity contribution in [2.75, 3.05) is 37.2 Å². The fourth-order valence-electron chi connectivity index (χ4n) is 3.45. The zero-order valence-electron chi connectivity index (χ0n) is 19.5. The Morgan fingerprint density at radius 2 is 1.86 bits per heavy atom. The number of carbonyl (C=O) groups excluding carboxylic acids is 1. The number of rotatable bonds is 12. The molecule has 188 valence electrons. The number of nitrogens with zero attached hydrogens (tertiary/aromatic N) is 2. The van der Waals surface area contributed by atoms with Crippen molar-refractivity contribution in [3.8, 4) is 17.3 Å². The summed E-state index contributed by atoms with van der Waals surface area (Å²) in [6.07, 6.45) is 0.489. The molecule has 0 aliphatic carbocycles. The highest BCUT2D eigenvalue weighted by Gasteiger charge is 2.16. The summed E-state index contributed by atoms with van der Waals surface area (Å²) in [5.74, 6) is -0.690. The first-order valence-electron chi connectivity index (χ1n) is 11.3. The average molecular weight is 511 g/mol. The van der Waals surface area contributed by atoms with E-state index in [9.17, 15) is 22.9 Å². The highest BCUT2D eigenvalue weighted by molar-refractivity contribution is 7.89. The number of sulfonamides is 1. The molecule has 0 aliphatic heterocycles. The standard InChI is InChI=1S/C25H27FN6O3S/c26-20-6-3-4-18(16-20)10-12-29-24-22(25(33)30-13-14-31-36(34,35)15-11-27)8-9-23(32-24)21-7-2-1-5-19(21)17-28/h1-9,16,31H,10-15,27H2,(H,29,32)(H,30,33). The molecule has 36 heavy (non-hydrogen) atoms. The zero-order chi connectivity index (χ0) is 26.0. The number of hydrogen-bond acceptors (Lipinski definition) is 7. The van der Waals surface area contributed by atoms with Gasteiger partial charge < -0.3 is 16.4 Å². The summed E-state index contributed by atoms with van der Waals surface area (Å²) in [7, 11) is -3.49. The smallest absolute Gasteiger partial charge is 0.255 e. The Kier molecular flexibility index (Phi) is 9.46. The Morgan fingerprint density at radius 3 is 2.61 bits per heavy atom. The number of amides is 1. The molecule has 1 aromatic heterocycles. The minimum Gasteiger partial charge on any atom is -0.369 e. The molecule has 5 N–H and O–H groups in total. The largest absolute Gasteiger partial charge is 0.369 e. The van der Waals surface area contributed by atoms with E-state index in [4.69, 9.17) is 5.73 Å².